The number of rotatable bonds is 5. The van der Waals surface area contributed by atoms with Gasteiger partial charge >= 0.3 is 5.97 Å². The molecule has 0 aromatic heterocycles. The standard InChI is InChI=1S/C12H17NO2S/c1-4-5-16-8(7-13)6-9-10(11(14)15)12(9,2)3/h6,9-10H,4-5H2,1-3H3,(H,14,15)/b8-6+. The van der Waals surface area contributed by atoms with Crippen LogP contribution in [0, 0.1) is 28.6 Å². The van der Waals surface area contributed by atoms with Crippen LogP contribution >= 0.6 is 11.8 Å². The summed E-state index contributed by atoms with van der Waals surface area (Å²) in [6.07, 6.45) is 2.85. The van der Waals surface area contributed by atoms with Crippen LogP contribution in [0.15, 0.2) is 11.0 Å². The zero-order chi connectivity index (χ0) is 12.3. The molecule has 1 saturated carbocycles. The van der Waals surface area contributed by atoms with Crippen LogP contribution in [0.2, 0.25) is 0 Å². The van der Waals surface area contributed by atoms with Crippen molar-refractivity contribution in [3.05, 3.63) is 11.0 Å². The highest BCUT2D eigenvalue weighted by Gasteiger charge is 2.61. The molecule has 0 aromatic rings. The normalized spacial score (nSPS) is 27.2. The molecule has 4 heteroatoms. The minimum absolute atomic E-state index is 0.00371. The van der Waals surface area contributed by atoms with Crippen molar-refractivity contribution >= 4 is 17.7 Å². The van der Waals surface area contributed by atoms with E-state index in [-0.39, 0.29) is 17.3 Å². The first-order valence-corrected chi connectivity index (χ1v) is 6.41. The molecule has 0 aromatic carbocycles. The van der Waals surface area contributed by atoms with Gasteiger partial charge in [0.1, 0.15) is 6.07 Å². The van der Waals surface area contributed by atoms with E-state index in [9.17, 15) is 4.79 Å². The Balaban J connectivity index is 2.70. The first-order valence-electron chi connectivity index (χ1n) is 5.42. The Morgan fingerprint density at radius 3 is 2.62 bits per heavy atom. The van der Waals surface area contributed by atoms with Crippen LogP contribution in [0.25, 0.3) is 0 Å². The average Bonchev–Trinajstić information content (AvgIpc) is 2.75. The molecule has 88 valence electrons. The van der Waals surface area contributed by atoms with E-state index < -0.39 is 5.97 Å². The number of thioether (sulfide) groups is 1. The molecule has 2 atom stereocenters. The summed E-state index contributed by atoms with van der Waals surface area (Å²) in [6.45, 7) is 5.93. The minimum Gasteiger partial charge on any atom is -0.481 e. The summed E-state index contributed by atoms with van der Waals surface area (Å²) in [5.41, 5.74) is -0.208. The molecule has 0 aliphatic heterocycles. The van der Waals surface area contributed by atoms with Gasteiger partial charge in [0.15, 0.2) is 0 Å². The molecule has 1 fully saturated rings. The minimum atomic E-state index is -0.760. The van der Waals surface area contributed by atoms with E-state index >= 15 is 0 Å². The molecular formula is C12H17NO2S. The Hall–Kier alpha value is -0.950. The lowest BCUT2D eigenvalue weighted by molar-refractivity contribution is -0.139. The molecule has 0 amide bonds. The molecule has 1 aliphatic carbocycles. The van der Waals surface area contributed by atoms with Crippen molar-refractivity contribution in [3.63, 3.8) is 0 Å². The van der Waals surface area contributed by atoms with Crippen LogP contribution in [-0.2, 0) is 4.79 Å². The predicted octanol–water partition coefficient (Wildman–Crippen LogP) is 2.89. The molecule has 0 radical (unpaired) electrons. The van der Waals surface area contributed by atoms with Crippen LogP contribution in [-0.4, -0.2) is 16.8 Å². The fraction of sp³-hybridized carbons (Fsp3) is 0.667. The predicted molar refractivity (Wildman–Crippen MR) is 64.8 cm³/mol. The lowest BCUT2D eigenvalue weighted by atomic mass is 10.1. The van der Waals surface area contributed by atoms with E-state index in [0.29, 0.717) is 4.91 Å². The van der Waals surface area contributed by atoms with Gasteiger partial charge in [-0.2, -0.15) is 5.26 Å². The van der Waals surface area contributed by atoms with Crippen LogP contribution in [0.3, 0.4) is 0 Å². The van der Waals surface area contributed by atoms with Gasteiger partial charge in [-0.15, -0.1) is 11.8 Å². The number of aliphatic carboxylic acids is 1. The topological polar surface area (TPSA) is 61.1 Å². The first-order chi connectivity index (χ1) is 7.45. The zero-order valence-corrected chi connectivity index (χ0v) is 10.7. The number of allylic oxidation sites excluding steroid dienone is 2. The summed E-state index contributed by atoms with van der Waals surface area (Å²) in [6, 6.07) is 2.14. The van der Waals surface area contributed by atoms with Gasteiger partial charge in [-0.1, -0.05) is 26.8 Å². The maximum Gasteiger partial charge on any atom is 0.307 e. The van der Waals surface area contributed by atoms with Crippen molar-refractivity contribution in [1.82, 2.24) is 0 Å². The first kappa shape index (κ1) is 13.1. The third-order valence-electron chi connectivity index (χ3n) is 3.08. The molecule has 0 spiro atoms. The van der Waals surface area contributed by atoms with Crippen molar-refractivity contribution in [2.24, 2.45) is 17.3 Å². The summed E-state index contributed by atoms with van der Waals surface area (Å²) in [5, 5.41) is 17.9. The van der Waals surface area contributed by atoms with Crippen LogP contribution < -0.4 is 0 Å². The number of carboxylic acid groups (broad SMARTS) is 1. The van der Waals surface area contributed by atoms with E-state index in [4.69, 9.17) is 10.4 Å². The molecule has 16 heavy (non-hydrogen) atoms. The summed E-state index contributed by atoms with van der Waals surface area (Å²) in [5.74, 6) is -0.185. The molecule has 3 nitrogen and oxygen atoms in total. The van der Waals surface area contributed by atoms with Crippen LogP contribution in [0.4, 0.5) is 0 Å². The Morgan fingerprint density at radius 1 is 1.62 bits per heavy atom. The van der Waals surface area contributed by atoms with E-state index in [2.05, 4.69) is 13.0 Å². The van der Waals surface area contributed by atoms with Crippen molar-refractivity contribution in [2.75, 3.05) is 5.75 Å². The molecule has 1 N–H and O–H groups in total. The van der Waals surface area contributed by atoms with E-state index in [0.717, 1.165) is 12.2 Å². The fourth-order valence-corrected chi connectivity index (χ4v) is 2.68. The summed E-state index contributed by atoms with van der Waals surface area (Å²) in [4.78, 5) is 11.6. The largest absolute Gasteiger partial charge is 0.481 e. The number of hydrogen-bond acceptors (Lipinski definition) is 3. The van der Waals surface area contributed by atoms with Crippen LogP contribution in [0.1, 0.15) is 27.2 Å². The Kier molecular flexibility index (Phi) is 4.03. The maximum atomic E-state index is 11.0. The van der Waals surface area contributed by atoms with Crippen molar-refractivity contribution < 1.29 is 9.90 Å². The molecule has 1 aliphatic rings. The molecular weight excluding hydrogens is 222 g/mol. The molecule has 0 saturated heterocycles. The SMILES string of the molecule is CCCS/C(C#N)=C/C1C(C(=O)O)C1(C)C. The molecule has 1 rings (SSSR count). The molecule has 2 unspecified atom stereocenters. The van der Waals surface area contributed by atoms with E-state index in [1.165, 1.54) is 11.8 Å². The van der Waals surface area contributed by atoms with Crippen molar-refractivity contribution in [3.8, 4) is 6.07 Å². The van der Waals surface area contributed by atoms with Gasteiger partial charge in [0.05, 0.1) is 10.8 Å². The highest BCUT2D eigenvalue weighted by atomic mass is 32.2. The van der Waals surface area contributed by atoms with Gasteiger partial charge in [0.2, 0.25) is 0 Å². The number of hydrogen-bond donors (Lipinski definition) is 1. The van der Waals surface area contributed by atoms with Gasteiger partial charge < -0.3 is 5.11 Å². The maximum absolute atomic E-state index is 11.0. The van der Waals surface area contributed by atoms with E-state index in [1.807, 2.05) is 19.9 Å². The average molecular weight is 239 g/mol. The monoisotopic (exact) mass is 239 g/mol. The third-order valence-corrected chi connectivity index (χ3v) is 4.23. The smallest absolute Gasteiger partial charge is 0.307 e. The Bertz CT molecular complexity index is 355. The molecule has 0 heterocycles. The summed E-state index contributed by atoms with van der Waals surface area (Å²) >= 11 is 1.51. The Labute approximate surface area is 101 Å². The van der Waals surface area contributed by atoms with Gasteiger partial charge in [0.25, 0.3) is 0 Å². The zero-order valence-electron chi connectivity index (χ0n) is 9.86. The number of carboxylic acids is 1. The summed E-state index contributed by atoms with van der Waals surface area (Å²) in [7, 11) is 0. The number of carbonyl (C=O) groups is 1. The van der Waals surface area contributed by atoms with Crippen LogP contribution in [0.5, 0.6) is 0 Å². The van der Waals surface area contributed by atoms with Gasteiger partial charge in [-0.25, -0.2) is 0 Å². The van der Waals surface area contributed by atoms with Gasteiger partial charge in [-0.05, 0) is 23.5 Å². The third kappa shape index (κ3) is 2.59. The lowest BCUT2D eigenvalue weighted by Gasteiger charge is -1.98. The highest BCUT2D eigenvalue weighted by molar-refractivity contribution is 8.03. The van der Waals surface area contributed by atoms with Crippen molar-refractivity contribution in [1.29, 1.82) is 5.26 Å². The highest BCUT2D eigenvalue weighted by Crippen LogP contribution is 2.59. The van der Waals surface area contributed by atoms with Gasteiger partial charge in [-0.3, -0.25) is 4.79 Å². The second-order valence-corrected chi connectivity index (χ2v) is 5.79. The second kappa shape index (κ2) is 4.92. The Morgan fingerprint density at radius 2 is 2.25 bits per heavy atom. The lowest BCUT2D eigenvalue weighted by Crippen LogP contribution is -2.03. The van der Waals surface area contributed by atoms with E-state index in [1.54, 1.807) is 0 Å². The second-order valence-electron chi connectivity index (χ2n) is 4.65. The fourth-order valence-electron chi connectivity index (χ4n) is 1.95. The number of nitriles is 1. The quantitative estimate of drug-likeness (QED) is 0.749. The van der Waals surface area contributed by atoms with Crippen molar-refractivity contribution in [2.45, 2.75) is 27.2 Å². The van der Waals surface area contributed by atoms with Gasteiger partial charge in [0, 0.05) is 0 Å². The summed E-state index contributed by atoms with van der Waals surface area (Å²) < 4.78 is 0. The molecule has 0 bridgehead atoms. The number of nitrogens with zero attached hydrogens (tertiary/aromatic N) is 1.